The lowest BCUT2D eigenvalue weighted by Crippen LogP contribution is -2.41. The van der Waals surface area contributed by atoms with E-state index in [0.29, 0.717) is 12.0 Å². The molecule has 1 aromatic rings. The lowest BCUT2D eigenvalue weighted by Gasteiger charge is -2.37. The second-order valence-electron chi connectivity index (χ2n) is 6.12. The van der Waals surface area contributed by atoms with Gasteiger partial charge in [0.1, 0.15) is 5.78 Å². The van der Waals surface area contributed by atoms with Gasteiger partial charge >= 0.3 is 0 Å². The summed E-state index contributed by atoms with van der Waals surface area (Å²) in [6, 6.07) is 9.32. The van der Waals surface area contributed by atoms with Gasteiger partial charge in [0.15, 0.2) is 0 Å². The van der Waals surface area contributed by atoms with Crippen LogP contribution in [0.1, 0.15) is 43.2 Å². The number of hydrogen-bond acceptors (Lipinski definition) is 3. The summed E-state index contributed by atoms with van der Waals surface area (Å²) in [4.78, 5) is 12.5. The third-order valence-corrected chi connectivity index (χ3v) is 6.89. The molecule has 1 aromatic carbocycles. The van der Waals surface area contributed by atoms with Crippen LogP contribution in [0.25, 0.3) is 0 Å². The second kappa shape index (κ2) is 6.11. The van der Waals surface area contributed by atoms with Gasteiger partial charge < -0.3 is 0 Å². The van der Waals surface area contributed by atoms with Gasteiger partial charge in [-0.1, -0.05) is 18.6 Å². The number of nitrogens with zero attached hydrogens (tertiary/aromatic N) is 1. The van der Waals surface area contributed by atoms with Crippen molar-refractivity contribution in [1.29, 1.82) is 5.26 Å². The van der Waals surface area contributed by atoms with Crippen molar-refractivity contribution in [3.8, 4) is 6.07 Å². The fourth-order valence-corrected chi connectivity index (χ4v) is 5.73. The summed E-state index contributed by atoms with van der Waals surface area (Å²) in [5.41, 5.74) is 1.59. The van der Waals surface area contributed by atoms with Crippen LogP contribution in [0.5, 0.6) is 0 Å². The van der Waals surface area contributed by atoms with E-state index >= 15 is 0 Å². The summed E-state index contributed by atoms with van der Waals surface area (Å²) in [5, 5.41) is 9.27. The van der Waals surface area contributed by atoms with Crippen molar-refractivity contribution >= 4 is 16.6 Å². The first kappa shape index (κ1) is 14.5. The van der Waals surface area contributed by atoms with E-state index in [9.17, 15) is 9.00 Å². The molecule has 0 N–H and O–H groups in total. The fourth-order valence-electron chi connectivity index (χ4n) is 3.54. The van der Waals surface area contributed by atoms with Gasteiger partial charge in [-0.3, -0.25) is 9.00 Å². The van der Waals surface area contributed by atoms with E-state index in [2.05, 4.69) is 6.07 Å². The minimum Gasteiger partial charge on any atom is -0.299 e. The summed E-state index contributed by atoms with van der Waals surface area (Å²) >= 11 is 0. The Labute approximate surface area is 127 Å². The zero-order valence-corrected chi connectivity index (χ0v) is 12.8. The summed E-state index contributed by atoms with van der Waals surface area (Å²) in [7, 11) is -0.712. The molecule has 0 aromatic heterocycles. The van der Waals surface area contributed by atoms with Crippen LogP contribution in [0, 0.1) is 17.2 Å². The monoisotopic (exact) mass is 301 g/mol. The molecule has 0 amide bonds. The van der Waals surface area contributed by atoms with Crippen molar-refractivity contribution in [3.63, 3.8) is 0 Å². The molecule has 2 bridgehead atoms. The molecule has 2 aliphatic heterocycles. The lowest BCUT2D eigenvalue weighted by atomic mass is 9.85. The molecule has 0 aliphatic carbocycles. The van der Waals surface area contributed by atoms with E-state index < -0.39 is 10.8 Å². The van der Waals surface area contributed by atoms with Gasteiger partial charge in [-0.15, -0.1) is 0 Å². The number of ketones is 1. The molecular weight excluding hydrogens is 282 g/mol. The van der Waals surface area contributed by atoms with Crippen LogP contribution < -0.4 is 0 Å². The maximum absolute atomic E-state index is 12.5. The van der Waals surface area contributed by atoms with Gasteiger partial charge in [0.2, 0.25) is 0 Å². The summed E-state index contributed by atoms with van der Waals surface area (Å²) in [6.45, 7) is 0. The number of nitriles is 1. The minimum atomic E-state index is -0.712. The van der Waals surface area contributed by atoms with Crippen LogP contribution in [0.3, 0.4) is 0 Å². The van der Waals surface area contributed by atoms with Crippen LogP contribution in [0.15, 0.2) is 24.3 Å². The van der Waals surface area contributed by atoms with Gasteiger partial charge in [-0.25, -0.2) is 0 Å². The van der Waals surface area contributed by atoms with Gasteiger partial charge in [0, 0.05) is 33.6 Å². The maximum atomic E-state index is 12.5. The molecule has 2 heterocycles. The summed E-state index contributed by atoms with van der Waals surface area (Å²) < 4.78 is 12.2. The Morgan fingerprint density at radius 2 is 1.81 bits per heavy atom. The van der Waals surface area contributed by atoms with E-state index in [1.54, 1.807) is 12.1 Å². The molecule has 2 fully saturated rings. The average molecular weight is 301 g/mol. The number of carbonyl (C=O) groups excluding carboxylic acids is 1. The predicted octanol–water partition coefficient (Wildman–Crippen LogP) is 2.75. The highest BCUT2D eigenvalue weighted by molar-refractivity contribution is 7.86. The van der Waals surface area contributed by atoms with Crippen LogP contribution in [-0.2, 0) is 22.0 Å². The molecule has 2 aliphatic rings. The van der Waals surface area contributed by atoms with Crippen molar-refractivity contribution in [3.05, 3.63) is 35.4 Å². The Kier molecular flexibility index (Phi) is 4.21. The van der Waals surface area contributed by atoms with E-state index in [0.717, 1.165) is 37.7 Å². The zero-order chi connectivity index (χ0) is 14.8. The molecule has 2 unspecified atom stereocenters. The number of Topliss-reactive ketones (excluding diaryl/α,β-unsaturated/α-hetero) is 1. The van der Waals surface area contributed by atoms with Crippen LogP contribution >= 0.6 is 0 Å². The van der Waals surface area contributed by atoms with Crippen LogP contribution in [-0.4, -0.2) is 20.5 Å². The standard InChI is InChI=1S/C17H19NO2S/c18-11-13-6-4-12(5-7-13)8-17(19)14-9-15-2-1-3-16(10-14)21(15)20/h4-7,14-16H,1-3,8-10H2. The van der Waals surface area contributed by atoms with Crippen molar-refractivity contribution in [1.82, 2.24) is 0 Å². The Balaban J connectivity index is 1.65. The second-order valence-corrected chi connectivity index (χ2v) is 8.11. The summed E-state index contributed by atoms with van der Waals surface area (Å²) in [5.74, 6) is 0.349. The summed E-state index contributed by atoms with van der Waals surface area (Å²) in [6.07, 6.45) is 5.24. The van der Waals surface area contributed by atoms with Gasteiger partial charge in [-0.05, 0) is 43.4 Å². The van der Waals surface area contributed by atoms with Crippen molar-refractivity contribution < 1.29 is 9.00 Å². The maximum Gasteiger partial charge on any atom is 0.140 e. The van der Waals surface area contributed by atoms with E-state index in [1.807, 2.05) is 12.1 Å². The van der Waals surface area contributed by atoms with Crippen LogP contribution in [0.4, 0.5) is 0 Å². The first-order chi connectivity index (χ1) is 10.2. The number of fused-ring (bicyclic) bond motifs is 2. The smallest absolute Gasteiger partial charge is 0.140 e. The van der Waals surface area contributed by atoms with Crippen molar-refractivity contribution in [2.75, 3.05) is 0 Å². The molecule has 3 nitrogen and oxygen atoms in total. The minimum absolute atomic E-state index is 0.0774. The van der Waals surface area contributed by atoms with Crippen molar-refractivity contribution in [2.45, 2.75) is 49.0 Å². The highest BCUT2D eigenvalue weighted by Crippen LogP contribution is 2.37. The van der Waals surface area contributed by atoms with E-state index in [1.165, 1.54) is 0 Å². The van der Waals surface area contributed by atoms with Gasteiger partial charge in [-0.2, -0.15) is 5.26 Å². The van der Waals surface area contributed by atoms with E-state index in [-0.39, 0.29) is 22.2 Å². The lowest BCUT2D eigenvalue weighted by molar-refractivity contribution is -0.122. The average Bonchev–Trinajstić information content (AvgIpc) is 2.47. The SMILES string of the molecule is N#Cc1ccc(CC(=O)C2CC3CCCC(C2)S3=O)cc1. The Hall–Kier alpha value is -1.47. The topological polar surface area (TPSA) is 57.9 Å². The Morgan fingerprint density at radius 1 is 1.19 bits per heavy atom. The number of rotatable bonds is 3. The Morgan fingerprint density at radius 3 is 2.38 bits per heavy atom. The molecule has 110 valence electrons. The Bertz CT molecular complexity index is 586. The molecule has 0 radical (unpaired) electrons. The fraction of sp³-hybridized carbons (Fsp3) is 0.529. The third kappa shape index (κ3) is 3.08. The third-order valence-electron chi connectivity index (χ3n) is 4.72. The molecular formula is C17H19NO2S. The predicted molar refractivity (Wildman–Crippen MR) is 82.2 cm³/mol. The number of benzene rings is 1. The van der Waals surface area contributed by atoms with Gasteiger partial charge in [0.05, 0.1) is 11.6 Å². The highest BCUT2D eigenvalue weighted by atomic mass is 32.2. The molecule has 3 rings (SSSR count). The molecule has 2 saturated heterocycles. The van der Waals surface area contributed by atoms with Crippen molar-refractivity contribution in [2.24, 2.45) is 5.92 Å². The zero-order valence-electron chi connectivity index (χ0n) is 12.0. The first-order valence-corrected chi connectivity index (χ1v) is 8.86. The van der Waals surface area contributed by atoms with Crippen LogP contribution in [0.2, 0.25) is 0 Å². The molecule has 4 heteroatoms. The van der Waals surface area contributed by atoms with Gasteiger partial charge in [0.25, 0.3) is 0 Å². The number of hydrogen-bond donors (Lipinski definition) is 0. The van der Waals surface area contributed by atoms with E-state index in [4.69, 9.17) is 5.26 Å². The quantitative estimate of drug-likeness (QED) is 0.862. The first-order valence-electron chi connectivity index (χ1n) is 7.58. The normalized spacial score (nSPS) is 31.4. The molecule has 2 atom stereocenters. The number of carbonyl (C=O) groups is 1. The molecule has 21 heavy (non-hydrogen) atoms. The molecule has 0 spiro atoms. The molecule has 0 saturated carbocycles. The largest absolute Gasteiger partial charge is 0.299 e. The highest BCUT2D eigenvalue weighted by Gasteiger charge is 2.40.